The Morgan fingerprint density at radius 3 is 2.94 bits per heavy atom. The molecule has 1 aromatic rings. The fraction of sp³-hybridized carbons (Fsp3) is 0.273. The van der Waals surface area contributed by atoms with Crippen molar-refractivity contribution < 1.29 is 19.4 Å². The number of rotatable bonds is 4. The molecule has 6 nitrogen and oxygen atoms in total. The molecule has 0 aliphatic carbocycles. The number of aromatic hydroxyl groups is 1. The van der Waals surface area contributed by atoms with Crippen LogP contribution in [0.4, 0.5) is 4.79 Å². The quantitative estimate of drug-likeness (QED) is 0.615. The van der Waals surface area contributed by atoms with Gasteiger partial charge in [-0.05, 0) is 30.7 Å². The Morgan fingerprint density at radius 2 is 2.35 bits per heavy atom. The predicted octanol–water partition coefficient (Wildman–Crippen LogP) is 1.48. The van der Waals surface area contributed by atoms with Gasteiger partial charge in [0.1, 0.15) is 0 Å². The summed E-state index contributed by atoms with van der Waals surface area (Å²) in [5.74, 6) is 0.382. The van der Waals surface area contributed by atoms with Crippen molar-refractivity contribution in [2.45, 2.75) is 6.92 Å². The number of amides is 1. The van der Waals surface area contributed by atoms with Gasteiger partial charge in [-0.25, -0.2) is 10.2 Å². The minimum Gasteiger partial charge on any atom is -0.504 e. The number of nitrogens with one attached hydrogen (secondary N) is 1. The molecule has 0 radical (unpaired) electrons. The first-order valence-corrected chi connectivity index (χ1v) is 5.00. The number of carbonyl (C=O) groups is 1. The maximum absolute atomic E-state index is 10.9. The van der Waals surface area contributed by atoms with Gasteiger partial charge in [0.25, 0.3) is 0 Å². The molecule has 6 heteroatoms. The zero-order chi connectivity index (χ0) is 12.7. The van der Waals surface area contributed by atoms with Crippen molar-refractivity contribution in [3.8, 4) is 11.5 Å². The summed E-state index contributed by atoms with van der Waals surface area (Å²) in [5, 5.41) is 13.1. The van der Waals surface area contributed by atoms with Crippen molar-refractivity contribution in [3.63, 3.8) is 0 Å². The second-order valence-electron chi connectivity index (χ2n) is 3.02. The number of nitrogens with zero attached hydrogens (tertiary/aromatic N) is 1. The number of hydrogen-bond donors (Lipinski definition) is 2. The third kappa shape index (κ3) is 4.02. The highest BCUT2D eigenvalue weighted by atomic mass is 16.5. The number of hydrogen-bond acceptors (Lipinski definition) is 5. The molecule has 0 heterocycles. The average molecular weight is 238 g/mol. The topological polar surface area (TPSA) is 80.2 Å². The summed E-state index contributed by atoms with van der Waals surface area (Å²) in [4.78, 5) is 10.9. The van der Waals surface area contributed by atoms with E-state index in [1.165, 1.54) is 19.4 Å². The van der Waals surface area contributed by atoms with Crippen molar-refractivity contribution in [3.05, 3.63) is 23.8 Å². The lowest BCUT2D eigenvalue weighted by molar-refractivity contribution is 0.152. The zero-order valence-corrected chi connectivity index (χ0v) is 9.64. The SMILES string of the molecule is CCOC(=O)N/N=C/c1ccc(OC)c(O)c1. The van der Waals surface area contributed by atoms with Crippen LogP contribution in [0.15, 0.2) is 23.3 Å². The number of hydrazone groups is 1. The first-order chi connectivity index (χ1) is 8.17. The van der Waals surface area contributed by atoms with Gasteiger partial charge in [0.2, 0.25) is 0 Å². The number of methoxy groups -OCH3 is 1. The fourth-order valence-electron chi connectivity index (χ4n) is 1.11. The van der Waals surface area contributed by atoms with Crippen molar-refractivity contribution in [1.29, 1.82) is 0 Å². The van der Waals surface area contributed by atoms with Crippen LogP contribution < -0.4 is 10.2 Å². The summed E-state index contributed by atoms with van der Waals surface area (Å²) in [7, 11) is 1.46. The second-order valence-corrected chi connectivity index (χ2v) is 3.02. The third-order valence-corrected chi connectivity index (χ3v) is 1.85. The van der Waals surface area contributed by atoms with Crippen molar-refractivity contribution >= 4 is 12.3 Å². The molecular weight excluding hydrogens is 224 g/mol. The zero-order valence-electron chi connectivity index (χ0n) is 9.64. The molecule has 2 N–H and O–H groups in total. The van der Waals surface area contributed by atoms with Gasteiger partial charge in [-0.3, -0.25) is 0 Å². The number of benzene rings is 1. The summed E-state index contributed by atoms with van der Waals surface area (Å²) in [6.45, 7) is 1.98. The van der Waals surface area contributed by atoms with E-state index in [1.54, 1.807) is 19.1 Å². The van der Waals surface area contributed by atoms with Crippen molar-refractivity contribution in [1.82, 2.24) is 5.43 Å². The van der Waals surface area contributed by atoms with Crippen LogP contribution in [-0.4, -0.2) is 31.1 Å². The van der Waals surface area contributed by atoms with E-state index in [4.69, 9.17) is 4.74 Å². The molecule has 0 aromatic heterocycles. The normalized spacial score (nSPS) is 10.2. The third-order valence-electron chi connectivity index (χ3n) is 1.85. The van der Waals surface area contributed by atoms with Crippen LogP contribution in [0, 0.1) is 0 Å². The lowest BCUT2D eigenvalue weighted by atomic mass is 10.2. The van der Waals surface area contributed by atoms with Crippen LogP contribution >= 0.6 is 0 Å². The largest absolute Gasteiger partial charge is 0.504 e. The number of phenols is 1. The molecule has 1 amide bonds. The van der Waals surface area contributed by atoms with Crippen LogP contribution in [0.5, 0.6) is 11.5 Å². The van der Waals surface area contributed by atoms with E-state index in [9.17, 15) is 9.90 Å². The van der Waals surface area contributed by atoms with Gasteiger partial charge in [-0.1, -0.05) is 0 Å². The molecular formula is C11H14N2O4. The van der Waals surface area contributed by atoms with E-state index >= 15 is 0 Å². The minimum atomic E-state index is -0.624. The molecule has 0 aliphatic rings. The number of ether oxygens (including phenoxy) is 2. The Labute approximate surface area is 98.9 Å². The highest BCUT2D eigenvalue weighted by Gasteiger charge is 2.01. The van der Waals surface area contributed by atoms with Crippen LogP contribution in [0.2, 0.25) is 0 Å². The molecule has 1 aromatic carbocycles. The molecule has 0 fully saturated rings. The highest BCUT2D eigenvalue weighted by Crippen LogP contribution is 2.25. The molecule has 0 atom stereocenters. The molecule has 0 bridgehead atoms. The van der Waals surface area contributed by atoms with E-state index in [1.807, 2.05) is 0 Å². The van der Waals surface area contributed by atoms with E-state index in [0.29, 0.717) is 11.3 Å². The number of carbonyl (C=O) groups excluding carboxylic acids is 1. The summed E-state index contributed by atoms with van der Waals surface area (Å²) >= 11 is 0. The molecule has 17 heavy (non-hydrogen) atoms. The lowest BCUT2D eigenvalue weighted by Crippen LogP contribution is -2.18. The molecule has 92 valence electrons. The summed E-state index contributed by atoms with van der Waals surface area (Å²) in [5.41, 5.74) is 2.80. The lowest BCUT2D eigenvalue weighted by Gasteiger charge is -2.03. The maximum Gasteiger partial charge on any atom is 0.427 e. The first kappa shape index (κ1) is 12.8. The van der Waals surface area contributed by atoms with Crippen LogP contribution in [-0.2, 0) is 4.74 Å². The van der Waals surface area contributed by atoms with E-state index in [0.717, 1.165) is 0 Å². The van der Waals surface area contributed by atoms with E-state index in [2.05, 4.69) is 15.3 Å². The Hall–Kier alpha value is -2.24. The van der Waals surface area contributed by atoms with E-state index in [-0.39, 0.29) is 12.4 Å². The Morgan fingerprint density at radius 1 is 1.59 bits per heavy atom. The van der Waals surface area contributed by atoms with Gasteiger partial charge >= 0.3 is 6.09 Å². The maximum atomic E-state index is 10.9. The van der Waals surface area contributed by atoms with Crippen LogP contribution in [0.25, 0.3) is 0 Å². The van der Waals surface area contributed by atoms with Gasteiger partial charge in [0, 0.05) is 0 Å². The van der Waals surface area contributed by atoms with Crippen molar-refractivity contribution in [2.24, 2.45) is 5.10 Å². The first-order valence-electron chi connectivity index (χ1n) is 5.00. The van der Waals surface area contributed by atoms with Gasteiger partial charge < -0.3 is 14.6 Å². The summed E-state index contributed by atoms with van der Waals surface area (Å²) in [6, 6.07) is 4.76. The summed E-state index contributed by atoms with van der Waals surface area (Å²) < 4.78 is 9.50. The Kier molecular flexibility index (Phi) is 4.80. The highest BCUT2D eigenvalue weighted by molar-refractivity contribution is 5.81. The Balaban J connectivity index is 2.60. The molecule has 0 saturated heterocycles. The van der Waals surface area contributed by atoms with Gasteiger partial charge in [-0.15, -0.1) is 0 Å². The minimum absolute atomic E-state index is 0.00702. The molecule has 0 aliphatic heterocycles. The smallest absolute Gasteiger partial charge is 0.427 e. The summed E-state index contributed by atoms with van der Waals surface area (Å²) in [6.07, 6.45) is 0.761. The van der Waals surface area contributed by atoms with E-state index < -0.39 is 6.09 Å². The van der Waals surface area contributed by atoms with Gasteiger partial charge in [-0.2, -0.15) is 5.10 Å². The monoisotopic (exact) mass is 238 g/mol. The Bertz CT molecular complexity index is 418. The second kappa shape index (κ2) is 6.37. The average Bonchev–Trinajstić information content (AvgIpc) is 2.29. The predicted molar refractivity (Wildman–Crippen MR) is 62.4 cm³/mol. The molecule has 0 saturated carbocycles. The van der Waals surface area contributed by atoms with Gasteiger partial charge in [0.05, 0.1) is 19.9 Å². The van der Waals surface area contributed by atoms with Crippen LogP contribution in [0.3, 0.4) is 0 Å². The fourth-order valence-corrected chi connectivity index (χ4v) is 1.11. The van der Waals surface area contributed by atoms with Crippen molar-refractivity contribution in [2.75, 3.05) is 13.7 Å². The molecule has 1 rings (SSSR count). The molecule has 0 spiro atoms. The van der Waals surface area contributed by atoms with Gasteiger partial charge in [0.15, 0.2) is 11.5 Å². The van der Waals surface area contributed by atoms with Crippen LogP contribution in [0.1, 0.15) is 12.5 Å². The standard InChI is InChI=1S/C11H14N2O4/c1-3-17-11(15)13-12-7-8-4-5-10(16-2)9(14)6-8/h4-7,14H,3H2,1-2H3,(H,13,15)/b12-7+. The number of phenolic OH excluding ortho intramolecular Hbond substituents is 1. The molecule has 0 unspecified atom stereocenters.